The van der Waals surface area contributed by atoms with Crippen LogP contribution in [0.25, 0.3) is 0 Å². The first kappa shape index (κ1) is 15.3. The van der Waals surface area contributed by atoms with Gasteiger partial charge in [0.25, 0.3) is 5.91 Å². The smallest absolute Gasteiger partial charge is 0.328 e. The number of methoxy groups -OCH3 is 1. The number of aryl methyl sites for hydroxylation is 1. The van der Waals surface area contributed by atoms with Crippen molar-refractivity contribution in [1.29, 1.82) is 0 Å². The lowest BCUT2D eigenvalue weighted by Crippen LogP contribution is -2.41. The lowest BCUT2D eigenvalue weighted by Gasteiger charge is -2.12. The zero-order valence-electron chi connectivity index (χ0n) is 11.0. The summed E-state index contributed by atoms with van der Waals surface area (Å²) in [7, 11) is 1.26. The van der Waals surface area contributed by atoms with Crippen LogP contribution in [0.4, 0.5) is 0 Å². The molecule has 0 fully saturated rings. The Balaban J connectivity index is 2.46. The highest BCUT2D eigenvalue weighted by Gasteiger charge is 2.15. The molecule has 0 saturated carbocycles. The molecule has 0 aliphatic heterocycles. The second kappa shape index (κ2) is 6.99. The van der Waals surface area contributed by atoms with E-state index in [1.165, 1.54) is 14.0 Å². The van der Waals surface area contributed by atoms with Crippen molar-refractivity contribution >= 4 is 23.5 Å². The molecular weight excluding hydrogens is 270 g/mol. The second-order valence-electron chi connectivity index (χ2n) is 4.01. The van der Waals surface area contributed by atoms with Crippen molar-refractivity contribution < 1.29 is 19.1 Å². The Hall–Kier alpha value is -1.75. The van der Waals surface area contributed by atoms with E-state index < -0.39 is 17.9 Å². The third-order valence-corrected chi connectivity index (χ3v) is 2.86. The van der Waals surface area contributed by atoms with Crippen LogP contribution in [0.3, 0.4) is 0 Å². The zero-order valence-corrected chi connectivity index (χ0v) is 11.8. The van der Waals surface area contributed by atoms with Crippen molar-refractivity contribution in [1.82, 2.24) is 5.32 Å². The van der Waals surface area contributed by atoms with Gasteiger partial charge in [-0.3, -0.25) is 4.79 Å². The van der Waals surface area contributed by atoms with Crippen LogP contribution in [0, 0.1) is 6.92 Å². The Morgan fingerprint density at radius 1 is 1.42 bits per heavy atom. The number of amides is 1. The zero-order chi connectivity index (χ0) is 14.4. The number of esters is 1. The highest BCUT2D eigenvalue weighted by Crippen LogP contribution is 2.20. The van der Waals surface area contributed by atoms with Gasteiger partial charge in [-0.1, -0.05) is 11.6 Å². The van der Waals surface area contributed by atoms with Gasteiger partial charge in [0.1, 0.15) is 11.8 Å². The number of benzene rings is 1. The first-order valence-electron chi connectivity index (χ1n) is 5.70. The summed E-state index contributed by atoms with van der Waals surface area (Å²) in [4.78, 5) is 22.6. The summed E-state index contributed by atoms with van der Waals surface area (Å²) in [5, 5.41) is 3.10. The van der Waals surface area contributed by atoms with Crippen molar-refractivity contribution in [3.8, 4) is 5.75 Å². The summed E-state index contributed by atoms with van der Waals surface area (Å²) >= 11 is 5.88. The molecule has 1 aromatic carbocycles. The van der Waals surface area contributed by atoms with E-state index in [1.54, 1.807) is 18.2 Å². The van der Waals surface area contributed by atoms with Crippen LogP contribution in [0.5, 0.6) is 5.75 Å². The molecule has 0 aliphatic rings. The Bertz CT molecular complexity index is 476. The van der Waals surface area contributed by atoms with E-state index >= 15 is 0 Å². The van der Waals surface area contributed by atoms with Crippen molar-refractivity contribution in [3.63, 3.8) is 0 Å². The molecule has 19 heavy (non-hydrogen) atoms. The van der Waals surface area contributed by atoms with Crippen molar-refractivity contribution in [2.45, 2.75) is 19.9 Å². The quantitative estimate of drug-likeness (QED) is 0.837. The number of carbonyl (C=O) groups excluding carboxylic acids is 2. The third-order valence-electron chi connectivity index (χ3n) is 2.43. The average molecular weight is 286 g/mol. The molecule has 1 N–H and O–H groups in total. The summed E-state index contributed by atoms with van der Waals surface area (Å²) < 4.78 is 9.79. The lowest BCUT2D eigenvalue weighted by molar-refractivity contribution is -0.144. The molecule has 0 radical (unpaired) electrons. The van der Waals surface area contributed by atoms with Gasteiger partial charge in [-0.2, -0.15) is 0 Å². The van der Waals surface area contributed by atoms with Crippen LogP contribution in [0.15, 0.2) is 18.2 Å². The molecule has 0 bridgehead atoms. The highest BCUT2D eigenvalue weighted by molar-refractivity contribution is 6.31. The predicted octanol–water partition coefficient (Wildman–Crippen LogP) is 1.70. The molecule has 0 heterocycles. The number of ether oxygens (including phenoxy) is 2. The van der Waals surface area contributed by atoms with Crippen molar-refractivity contribution in [3.05, 3.63) is 28.8 Å². The fraction of sp³-hybridized carbons (Fsp3) is 0.385. The van der Waals surface area contributed by atoms with Gasteiger partial charge < -0.3 is 14.8 Å². The molecule has 0 spiro atoms. The minimum Gasteiger partial charge on any atom is -0.484 e. The van der Waals surface area contributed by atoms with Crippen LogP contribution in [-0.2, 0) is 14.3 Å². The van der Waals surface area contributed by atoms with Crippen molar-refractivity contribution in [2.24, 2.45) is 0 Å². The topological polar surface area (TPSA) is 64.6 Å². The SMILES string of the molecule is COC(=O)[C@H](C)NC(=O)COc1ccc(Cl)c(C)c1. The number of rotatable bonds is 5. The molecule has 0 unspecified atom stereocenters. The average Bonchev–Trinajstić information content (AvgIpc) is 2.39. The highest BCUT2D eigenvalue weighted by atomic mass is 35.5. The molecule has 0 aromatic heterocycles. The van der Waals surface area contributed by atoms with E-state index in [0.29, 0.717) is 10.8 Å². The minimum atomic E-state index is -0.701. The summed E-state index contributed by atoms with van der Waals surface area (Å²) in [6.45, 7) is 3.20. The van der Waals surface area contributed by atoms with Crippen molar-refractivity contribution in [2.75, 3.05) is 13.7 Å². The van der Waals surface area contributed by atoms with Gasteiger partial charge in [-0.05, 0) is 37.6 Å². The van der Waals surface area contributed by atoms with E-state index in [1.807, 2.05) is 6.92 Å². The maximum absolute atomic E-state index is 11.5. The summed E-state index contributed by atoms with van der Waals surface area (Å²) in [6.07, 6.45) is 0. The molecule has 1 aromatic rings. The standard InChI is InChI=1S/C13H16ClNO4/c1-8-6-10(4-5-11(8)14)19-7-12(16)15-9(2)13(17)18-3/h4-6,9H,7H2,1-3H3,(H,15,16)/t9-/m0/s1. The minimum absolute atomic E-state index is 0.178. The fourth-order valence-corrected chi connectivity index (χ4v) is 1.49. The van der Waals surface area contributed by atoms with Crippen LogP contribution >= 0.6 is 11.6 Å². The molecule has 1 atom stereocenters. The Morgan fingerprint density at radius 3 is 2.68 bits per heavy atom. The van der Waals surface area contributed by atoms with E-state index in [2.05, 4.69) is 10.1 Å². The van der Waals surface area contributed by atoms with Crippen LogP contribution in [-0.4, -0.2) is 31.6 Å². The largest absolute Gasteiger partial charge is 0.484 e. The van der Waals surface area contributed by atoms with E-state index in [9.17, 15) is 9.59 Å². The van der Waals surface area contributed by atoms with Gasteiger partial charge in [0, 0.05) is 5.02 Å². The van der Waals surface area contributed by atoms with Gasteiger partial charge in [-0.15, -0.1) is 0 Å². The van der Waals surface area contributed by atoms with E-state index in [0.717, 1.165) is 5.56 Å². The number of hydrogen-bond acceptors (Lipinski definition) is 4. The maximum atomic E-state index is 11.5. The summed E-state index contributed by atoms with van der Waals surface area (Å²) in [5.41, 5.74) is 0.863. The number of nitrogens with one attached hydrogen (secondary N) is 1. The normalized spacial score (nSPS) is 11.6. The Labute approximate surface area is 116 Å². The monoisotopic (exact) mass is 285 g/mol. The van der Waals surface area contributed by atoms with Crippen LogP contribution in [0.1, 0.15) is 12.5 Å². The second-order valence-corrected chi connectivity index (χ2v) is 4.42. The third kappa shape index (κ3) is 4.79. The maximum Gasteiger partial charge on any atom is 0.328 e. The van der Waals surface area contributed by atoms with Crippen LogP contribution < -0.4 is 10.1 Å². The Morgan fingerprint density at radius 2 is 2.11 bits per heavy atom. The molecule has 1 amide bonds. The number of halogens is 1. The summed E-state index contributed by atoms with van der Waals surface area (Å²) in [6, 6.07) is 4.40. The molecule has 0 aliphatic carbocycles. The predicted molar refractivity (Wildman–Crippen MR) is 71.3 cm³/mol. The Kier molecular flexibility index (Phi) is 5.63. The molecule has 5 nitrogen and oxygen atoms in total. The number of hydrogen-bond donors (Lipinski definition) is 1. The summed E-state index contributed by atoms with van der Waals surface area (Å²) in [5.74, 6) is -0.357. The number of carbonyl (C=O) groups is 2. The van der Waals surface area contributed by atoms with Gasteiger partial charge in [-0.25, -0.2) is 4.79 Å². The van der Waals surface area contributed by atoms with Gasteiger partial charge >= 0.3 is 5.97 Å². The van der Waals surface area contributed by atoms with Crippen LogP contribution in [0.2, 0.25) is 5.02 Å². The van der Waals surface area contributed by atoms with Gasteiger partial charge in [0.05, 0.1) is 7.11 Å². The fourth-order valence-electron chi connectivity index (χ4n) is 1.37. The first-order chi connectivity index (χ1) is 8.93. The van der Waals surface area contributed by atoms with Gasteiger partial charge in [0.15, 0.2) is 6.61 Å². The first-order valence-corrected chi connectivity index (χ1v) is 6.08. The molecule has 1 rings (SSSR count). The molecular formula is C13H16ClNO4. The van der Waals surface area contributed by atoms with E-state index in [-0.39, 0.29) is 6.61 Å². The van der Waals surface area contributed by atoms with Gasteiger partial charge in [0.2, 0.25) is 0 Å². The molecule has 6 heteroatoms. The van der Waals surface area contributed by atoms with E-state index in [4.69, 9.17) is 16.3 Å². The lowest BCUT2D eigenvalue weighted by atomic mass is 10.2. The molecule has 104 valence electrons. The molecule has 0 saturated heterocycles.